The minimum Gasteiger partial charge on any atom is -0.550 e. The van der Waals surface area contributed by atoms with E-state index in [4.69, 9.17) is 11.6 Å². The standard InChI is InChI=1S/C15H14ClNO3/c16-10-3-1-2-4-11(10)17-14(18)12-8-5-6-9(7-8)13(12)15(19)20/h1-6,8-9,12-13H,7H2,(H,17,18)(H,19,20)/p-1/t8-,9+,12-,13+/m1/s1. The van der Waals surface area contributed by atoms with Crippen molar-refractivity contribution in [2.45, 2.75) is 6.42 Å². The van der Waals surface area contributed by atoms with Crippen LogP contribution in [0, 0.1) is 23.7 Å². The molecular formula is C15H13ClNO3-. The Morgan fingerprint density at radius 3 is 2.45 bits per heavy atom. The summed E-state index contributed by atoms with van der Waals surface area (Å²) >= 11 is 6.00. The van der Waals surface area contributed by atoms with Gasteiger partial charge in [0.1, 0.15) is 0 Å². The van der Waals surface area contributed by atoms with Crippen LogP contribution in [-0.2, 0) is 9.59 Å². The molecule has 0 spiro atoms. The Morgan fingerprint density at radius 2 is 1.80 bits per heavy atom. The number of rotatable bonds is 3. The van der Waals surface area contributed by atoms with Crippen molar-refractivity contribution in [3.8, 4) is 0 Å². The van der Waals surface area contributed by atoms with Crippen LogP contribution in [-0.4, -0.2) is 11.9 Å². The number of hydrogen-bond donors (Lipinski definition) is 1. The summed E-state index contributed by atoms with van der Waals surface area (Å²) in [6.45, 7) is 0. The predicted molar refractivity (Wildman–Crippen MR) is 72.8 cm³/mol. The van der Waals surface area contributed by atoms with E-state index in [-0.39, 0.29) is 17.7 Å². The van der Waals surface area contributed by atoms with Crippen molar-refractivity contribution < 1.29 is 14.7 Å². The predicted octanol–water partition coefficient (Wildman–Crippen LogP) is 1.47. The molecule has 1 aromatic carbocycles. The Kier molecular flexibility index (Phi) is 3.26. The number of benzene rings is 1. The Labute approximate surface area is 121 Å². The zero-order valence-electron chi connectivity index (χ0n) is 10.6. The quantitative estimate of drug-likeness (QED) is 0.857. The van der Waals surface area contributed by atoms with Crippen LogP contribution in [0.4, 0.5) is 5.69 Å². The fourth-order valence-corrected chi connectivity index (χ4v) is 3.46. The molecule has 2 aliphatic rings. The molecule has 0 radical (unpaired) electrons. The van der Waals surface area contributed by atoms with E-state index in [1.54, 1.807) is 24.3 Å². The summed E-state index contributed by atoms with van der Waals surface area (Å²) in [6.07, 6.45) is 4.52. The number of carbonyl (C=O) groups is 2. The van der Waals surface area contributed by atoms with Gasteiger partial charge in [-0.2, -0.15) is 0 Å². The maximum atomic E-state index is 12.4. The van der Waals surface area contributed by atoms with Crippen molar-refractivity contribution >= 4 is 29.2 Å². The highest BCUT2D eigenvalue weighted by Gasteiger charge is 2.48. The summed E-state index contributed by atoms with van der Waals surface area (Å²) in [4.78, 5) is 23.7. The lowest BCUT2D eigenvalue weighted by Gasteiger charge is -2.27. The molecule has 2 bridgehead atoms. The first kappa shape index (κ1) is 13.2. The summed E-state index contributed by atoms with van der Waals surface area (Å²) < 4.78 is 0. The van der Waals surface area contributed by atoms with Crippen LogP contribution in [0.15, 0.2) is 36.4 Å². The average Bonchev–Trinajstić information content (AvgIpc) is 3.01. The van der Waals surface area contributed by atoms with Crippen LogP contribution in [0.25, 0.3) is 0 Å². The van der Waals surface area contributed by atoms with Gasteiger partial charge in [0.15, 0.2) is 0 Å². The monoisotopic (exact) mass is 290 g/mol. The maximum Gasteiger partial charge on any atom is 0.228 e. The number of halogens is 1. The molecule has 1 aromatic rings. The van der Waals surface area contributed by atoms with Crippen LogP contribution in [0.2, 0.25) is 5.02 Å². The Balaban J connectivity index is 1.82. The molecule has 0 saturated heterocycles. The molecule has 1 saturated carbocycles. The number of allylic oxidation sites excluding steroid dienone is 2. The summed E-state index contributed by atoms with van der Waals surface area (Å²) in [7, 11) is 0. The van der Waals surface area contributed by atoms with Crippen LogP contribution in [0.1, 0.15) is 6.42 Å². The fraction of sp³-hybridized carbons (Fsp3) is 0.333. The molecule has 3 rings (SSSR count). The molecule has 1 N–H and O–H groups in total. The molecule has 4 atom stereocenters. The Bertz CT molecular complexity index is 599. The van der Waals surface area contributed by atoms with Crippen molar-refractivity contribution in [2.75, 3.05) is 5.32 Å². The zero-order chi connectivity index (χ0) is 14.3. The van der Waals surface area contributed by atoms with Gasteiger partial charge in [-0.25, -0.2) is 0 Å². The number of nitrogens with one attached hydrogen (secondary N) is 1. The molecule has 0 aromatic heterocycles. The number of aliphatic carboxylic acids is 1. The van der Waals surface area contributed by atoms with E-state index in [2.05, 4.69) is 5.32 Å². The highest BCUT2D eigenvalue weighted by Crippen LogP contribution is 2.48. The molecule has 4 nitrogen and oxygen atoms in total. The van der Waals surface area contributed by atoms with Crippen LogP contribution in [0.5, 0.6) is 0 Å². The largest absolute Gasteiger partial charge is 0.550 e. The maximum absolute atomic E-state index is 12.4. The van der Waals surface area contributed by atoms with Gasteiger partial charge in [0.25, 0.3) is 0 Å². The molecule has 0 heterocycles. The van der Waals surface area contributed by atoms with E-state index < -0.39 is 17.8 Å². The molecule has 0 unspecified atom stereocenters. The number of carboxylic acids is 1. The topological polar surface area (TPSA) is 69.2 Å². The summed E-state index contributed by atoms with van der Waals surface area (Å²) in [5.74, 6) is -2.89. The summed E-state index contributed by atoms with van der Waals surface area (Å²) in [6, 6.07) is 6.89. The highest BCUT2D eigenvalue weighted by molar-refractivity contribution is 6.33. The molecule has 104 valence electrons. The highest BCUT2D eigenvalue weighted by atomic mass is 35.5. The van der Waals surface area contributed by atoms with Crippen molar-refractivity contribution in [2.24, 2.45) is 23.7 Å². The van der Waals surface area contributed by atoms with Crippen LogP contribution >= 0.6 is 11.6 Å². The first-order valence-electron chi connectivity index (χ1n) is 6.52. The van der Waals surface area contributed by atoms with Gasteiger partial charge in [-0.05, 0) is 30.4 Å². The number of hydrogen-bond acceptors (Lipinski definition) is 3. The number of carboxylic acid groups (broad SMARTS) is 1. The molecule has 20 heavy (non-hydrogen) atoms. The van der Waals surface area contributed by atoms with E-state index in [1.165, 1.54) is 0 Å². The molecule has 1 fully saturated rings. The Morgan fingerprint density at radius 1 is 1.15 bits per heavy atom. The average molecular weight is 291 g/mol. The van der Waals surface area contributed by atoms with E-state index >= 15 is 0 Å². The van der Waals surface area contributed by atoms with Crippen molar-refractivity contribution in [1.82, 2.24) is 0 Å². The number of carbonyl (C=O) groups excluding carboxylic acids is 2. The van der Waals surface area contributed by atoms with E-state index in [9.17, 15) is 14.7 Å². The van der Waals surface area contributed by atoms with Crippen molar-refractivity contribution in [3.05, 3.63) is 41.4 Å². The van der Waals surface area contributed by atoms with Gasteiger partial charge in [0, 0.05) is 11.9 Å². The van der Waals surface area contributed by atoms with Gasteiger partial charge in [0.2, 0.25) is 5.91 Å². The zero-order valence-corrected chi connectivity index (χ0v) is 11.3. The second-order valence-corrected chi connectivity index (χ2v) is 5.70. The van der Waals surface area contributed by atoms with Gasteiger partial charge in [0.05, 0.1) is 16.6 Å². The minimum absolute atomic E-state index is 0.0228. The van der Waals surface area contributed by atoms with Crippen molar-refractivity contribution in [3.63, 3.8) is 0 Å². The second kappa shape index (κ2) is 4.94. The van der Waals surface area contributed by atoms with Crippen molar-refractivity contribution in [1.29, 1.82) is 0 Å². The fourth-order valence-electron chi connectivity index (χ4n) is 3.28. The van der Waals surface area contributed by atoms with Gasteiger partial charge in [-0.15, -0.1) is 0 Å². The number of anilines is 1. The number of amides is 1. The lowest BCUT2D eigenvalue weighted by Crippen LogP contribution is -2.42. The molecular weight excluding hydrogens is 278 g/mol. The van der Waals surface area contributed by atoms with Gasteiger partial charge in [-0.3, -0.25) is 4.79 Å². The van der Waals surface area contributed by atoms with E-state index in [0.717, 1.165) is 0 Å². The third kappa shape index (κ3) is 2.10. The first-order valence-corrected chi connectivity index (χ1v) is 6.90. The normalized spacial score (nSPS) is 30.4. The van der Waals surface area contributed by atoms with Gasteiger partial charge < -0.3 is 15.2 Å². The molecule has 0 aliphatic heterocycles. The summed E-state index contributed by atoms with van der Waals surface area (Å²) in [5.41, 5.74) is 0.503. The lowest BCUT2D eigenvalue weighted by atomic mass is 9.82. The third-order valence-electron chi connectivity index (χ3n) is 4.17. The number of fused-ring (bicyclic) bond motifs is 2. The van der Waals surface area contributed by atoms with Gasteiger partial charge >= 0.3 is 0 Å². The minimum atomic E-state index is -1.15. The lowest BCUT2D eigenvalue weighted by molar-refractivity contribution is -0.313. The third-order valence-corrected chi connectivity index (χ3v) is 4.50. The van der Waals surface area contributed by atoms with E-state index in [0.29, 0.717) is 17.1 Å². The molecule has 5 heteroatoms. The second-order valence-electron chi connectivity index (χ2n) is 5.29. The van der Waals surface area contributed by atoms with Crippen LogP contribution < -0.4 is 10.4 Å². The van der Waals surface area contributed by atoms with Gasteiger partial charge in [-0.1, -0.05) is 35.9 Å². The SMILES string of the molecule is O=C([O-])[C@@H]1[C@H](C(=O)Nc2ccccc2Cl)[C@@H]2C=C[C@H]1C2. The van der Waals surface area contributed by atoms with E-state index in [1.807, 2.05) is 12.2 Å². The first-order chi connectivity index (χ1) is 9.58. The smallest absolute Gasteiger partial charge is 0.228 e. The molecule has 2 aliphatic carbocycles. The Hall–Kier alpha value is -1.81. The molecule has 1 amide bonds. The van der Waals surface area contributed by atoms with Crippen LogP contribution in [0.3, 0.4) is 0 Å². The summed E-state index contributed by atoms with van der Waals surface area (Å²) in [5, 5.41) is 14.4. The number of para-hydroxylation sites is 1.